The molecular weight excluding hydrogens is 166 g/mol. The molecule has 0 heterocycles. The Kier molecular flexibility index (Phi) is 3.30. The van der Waals surface area contributed by atoms with Crippen molar-refractivity contribution in [3.63, 3.8) is 0 Å². The first-order chi connectivity index (χ1) is 6.27. The molecular formula is C10H11NO2. The number of aliphatic hydroxyl groups excluding tert-OH is 1. The first kappa shape index (κ1) is 9.56. The summed E-state index contributed by atoms with van der Waals surface area (Å²) in [7, 11) is 1.58. The van der Waals surface area contributed by atoms with Crippen LogP contribution in [0.15, 0.2) is 24.3 Å². The zero-order valence-corrected chi connectivity index (χ0v) is 7.40. The Morgan fingerprint density at radius 2 is 2.08 bits per heavy atom. The summed E-state index contributed by atoms with van der Waals surface area (Å²) < 4.78 is 4.96. The molecule has 0 aliphatic heterocycles. The fourth-order valence-electron chi connectivity index (χ4n) is 1.03. The predicted octanol–water partition coefficient (Wildman–Crippen LogP) is 1.64. The molecule has 3 nitrogen and oxygen atoms in total. The molecule has 0 aliphatic carbocycles. The molecule has 1 aromatic carbocycles. The second-order valence-electron chi connectivity index (χ2n) is 2.65. The average Bonchev–Trinajstić information content (AvgIpc) is 2.18. The molecule has 0 bridgehead atoms. The van der Waals surface area contributed by atoms with E-state index in [2.05, 4.69) is 0 Å². The quantitative estimate of drug-likeness (QED) is 0.763. The van der Waals surface area contributed by atoms with Crippen molar-refractivity contribution in [3.8, 4) is 11.8 Å². The van der Waals surface area contributed by atoms with E-state index in [1.807, 2.05) is 6.07 Å². The van der Waals surface area contributed by atoms with Gasteiger partial charge in [-0.05, 0) is 17.7 Å². The smallest absolute Gasteiger partial charge is 0.118 e. The first-order valence-electron chi connectivity index (χ1n) is 3.97. The molecule has 3 heteroatoms. The highest BCUT2D eigenvalue weighted by Crippen LogP contribution is 2.19. The lowest BCUT2D eigenvalue weighted by Gasteiger charge is -2.06. The number of hydrogen-bond donors (Lipinski definition) is 1. The van der Waals surface area contributed by atoms with Gasteiger partial charge in [0.25, 0.3) is 0 Å². The Morgan fingerprint density at radius 1 is 1.46 bits per heavy atom. The van der Waals surface area contributed by atoms with Crippen LogP contribution in [-0.2, 0) is 0 Å². The average molecular weight is 177 g/mol. The van der Waals surface area contributed by atoms with Gasteiger partial charge in [0.05, 0.1) is 25.7 Å². The Balaban J connectivity index is 2.74. The van der Waals surface area contributed by atoms with Crippen molar-refractivity contribution in [2.75, 3.05) is 7.11 Å². The number of nitrogens with zero attached hydrogens (tertiary/aromatic N) is 1. The number of rotatable bonds is 3. The van der Waals surface area contributed by atoms with Gasteiger partial charge in [0.1, 0.15) is 5.75 Å². The number of benzene rings is 1. The summed E-state index contributed by atoms with van der Waals surface area (Å²) in [6.45, 7) is 0. The van der Waals surface area contributed by atoms with Crippen molar-refractivity contribution in [3.05, 3.63) is 29.8 Å². The number of aliphatic hydroxyl groups is 1. The molecule has 0 saturated heterocycles. The van der Waals surface area contributed by atoms with Crippen LogP contribution in [0.3, 0.4) is 0 Å². The summed E-state index contributed by atoms with van der Waals surface area (Å²) in [4.78, 5) is 0. The highest BCUT2D eigenvalue weighted by atomic mass is 16.5. The monoisotopic (exact) mass is 177 g/mol. The van der Waals surface area contributed by atoms with Gasteiger partial charge in [-0.25, -0.2) is 0 Å². The molecule has 13 heavy (non-hydrogen) atoms. The molecule has 0 saturated carbocycles. The van der Waals surface area contributed by atoms with Gasteiger partial charge in [-0.15, -0.1) is 0 Å². The van der Waals surface area contributed by atoms with Crippen LogP contribution in [0, 0.1) is 11.3 Å². The van der Waals surface area contributed by atoms with Crippen molar-refractivity contribution >= 4 is 0 Å². The summed E-state index contributed by atoms with van der Waals surface area (Å²) in [5, 5.41) is 17.8. The summed E-state index contributed by atoms with van der Waals surface area (Å²) >= 11 is 0. The fraction of sp³-hybridized carbons (Fsp3) is 0.300. The SMILES string of the molecule is COc1ccc(C(O)CC#N)cc1. The van der Waals surface area contributed by atoms with Crippen LogP contribution < -0.4 is 4.74 Å². The van der Waals surface area contributed by atoms with E-state index in [4.69, 9.17) is 10.00 Å². The van der Waals surface area contributed by atoms with Gasteiger partial charge in [0, 0.05) is 0 Å². The van der Waals surface area contributed by atoms with E-state index in [1.165, 1.54) is 0 Å². The Morgan fingerprint density at radius 3 is 2.54 bits per heavy atom. The van der Waals surface area contributed by atoms with Crippen molar-refractivity contribution in [2.24, 2.45) is 0 Å². The third-order valence-corrected chi connectivity index (χ3v) is 1.79. The molecule has 1 N–H and O–H groups in total. The van der Waals surface area contributed by atoms with Crippen LogP contribution in [0.25, 0.3) is 0 Å². The van der Waals surface area contributed by atoms with Crippen LogP contribution in [0.1, 0.15) is 18.1 Å². The van der Waals surface area contributed by atoms with Crippen molar-refractivity contribution in [1.82, 2.24) is 0 Å². The molecule has 0 fully saturated rings. The topological polar surface area (TPSA) is 53.2 Å². The summed E-state index contributed by atoms with van der Waals surface area (Å²) in [6.07, 6.45) is -0.581. The van der Waals surface area contributed by atoms with Gasteiger partial charge in [-0.3, -0.25) is 0 Å². The summed E-state index contributed by atoms with van der Waals surface area (Å²) in [6, 6.07) is 8.93. The van der Waals surface area contributed by atoms with Gasteiger partial charge >= 0.3 is 0 Å². The second-order valence-corrected chi connectivity index (χ2v) is 2.65. The number of nitriles is 1. The molecule has 0 aromatic heterocycles. The number of hydrogen-bond acceptors (Lipinski definition) is 3. The Labute approximate surface area is 77.2 Å². The molecule has 1 atom stereocenters. The molecule has 0 aliphatic rings. The van der Waals surface area contributed by atoms with Crippen LogP contribution in [0.5, 0.6) is 5.75 Å². The maximum Gasteiger partial charge on any atom is 0.118 e. The van der Waals surface area contributed by atoms with Gasteiger partial charge in [-0.1, -0.05) is 12.1 Å². The third kappa shape index (κ3) is 2.46. The van der Waals surface area contributed by atoms with Crippen molar-refractivity contribution in [2.45, 2.75) is 12.5 Å². The zero-order valence-electron chi connectivity index (χ0n) is 7.40. The van der Waals surface area contributed by atoms with Gasteiger partial charge in [-0.2, -0.15) is 5.26 Å². The molecule has 1 unspecified atom stereocenters. The maximum absolute atomic E-state index is 9.42. The third-order valence-electron chi connectivity index (χ3n) is 1.79. The molecule has 1 aromatic rings. The van der Waals surface area contributed by atoms with Crippen LogP contribution in [0.2, 0.25) is 0 Å². The maximum atomic E-state index is 9.42. The van der Waals surface area contributed by atoms with Gasteiger partial charge in [0.2, 0.25) is 0 Å². The molecule has 0 radical (unpaired) electrons. The van der Waals surface area contributed by atoms with E-state index in [9.17, 15) is 5.11 Å². The molecule has 68 valence electrons. The molecule has 0 spiro atoms. The standard InChI is InChI=1S/C10H11NO2/c1-13-9-4-2-8(3-5-9)10(12)6-7-11/h2-5,10,12H,6H2,1H3. The minimum absolute atomic E-state index is 0.117. The van der Waals surface area contributed by atoms with E-state index in [0.717, 1.165) is 11.3 Å². The number of methoxy groups -OCH3 is 1. The summed E-state index contributed by atoms with van der Waals surface area (Å²) in [5.41, 5.74) is 0.738. The van der Waals surface area contributed by atoms with E-state index < -0.39 is 6.10 Å². The minimum Gasteiger partial charge on any atom is -0.497 e. The predicted molar refractivity (Wildman–Crippen MR) is 48.2 cm³/mol. The molecule has 0 amide bonds. The van der Waals surface area contributed by atoms with Gasteiger partial charge < -0.3 is 9.84 Å². The largest absolute Gasteiger partial charge is 0.497 e. The summed E-state index contributed by atoms with van der Waals surface area (Å²) in [5.74, 6) is 0.743. The van der Waals surface area contributed by atoms with E-state index in [1.54, 1.807) is 31.4 Å². The highest BCUT2D eigenvalue weighted by molar-refractivity contribution is 5.28. The second kappa shape index (κ2) is 4.48. The lowest BCUT2D eigenvalue weighted by molar-refractivity contribution is 0.183. The minimum atomic E-state index is -0.698. The first-order valence-corrected chi connectivity index (χ1v) is 3.97. The molecule has 1 rings (SSSR count). The van der Waals surface area contributed by atoms with E-state index in [-0.39, 0.29) is 6.42 Å². The zero-order chi connectivity index (χ0) is 9.68. The highest BCUT2D eigenvalue weighted by Gasteiger charge is 2.05. The van der Waals surface area contributed by atoms with E-state index >= 15 is 0 Å². The van der Waals surface area contributed by atoms with Crippen LogP contribution >= 0.6 is 0 Å². The normalized spacial score (nSPS) is 11.8. The van der Waals surface area contributed by atoms with E-state index in [0.29, 0.717) is 0 Å². The van der Waals surface area contributed by atoms with Crippen molar-refractivity contribution in [1.29, 1.82) is 5.26 Å². The van der Waals surface area contributed by atoms with Crippen LogP contribution in [0.4, 0.5) is 0 Å². The van der Waals surface area contributed by atoms with Crippen LogP contribution in [-0.4, -0.2) is 12.2 Å². The van der Waals surface area contributed by atoms with Crippen molar-refractivity contribution < 1.29 is 9.84 Å². The lowest BCUT2D eigenvalue weighted by Crippen LogP contribution is -1.95. The fourth-order valence-corrected chi connectivity index (χ4v) is 1.03. The Hall–Kier alpha value is -1.53. The van der Waals surface area contributed by atoms with Gasteiger partial charge in [0.15, 0.2) is 0 Å². The lowest BCUT2D eigenvalue weighted by atomic mass is 10.1. The number of ether oxygens (including phenoxy) is 1. The Bertz CT molecular complexity index is 300.